The van der Waals surface area contributed by atoms with Crippen LogP contribution in [0.25, 0.3) is 0 Å². The van der Waals surface area contributed by atoms with Gasteiger partial charge >= 0.3 is 0 Å². The molecule has 0 saturated heterocycles. The maximum absolute atomic E-state index is 5.61. The lowest BCUT2D eigenvalue weighted by atomic mass is 10.1. The first-order valence-electron chi connectivity index (χ1n) is 5.20. The Hall–Kier alpha value is -0.0400. The Bertz CT molecular complexity index is 91.7. The second-order valence-corrected chi connectivity index (χ2v) is 4.38. The Morgan fingerprint density at radius 3 is 2.00 bits per heavy atom. The fourth-order valence-corrected chi connectivity index (χ4v) is 1.08. The first-order chi connectivity index (χ1) is 5.56. The maximum atomic E-state index is 5.61. The molecule has 12 heavy (non-hydrogen) atoms. The summed E-state index contributed by atoms with van der Waals surface area (Å²) in [5, 5.41) is 0. The molecule has 0 rings (SSSR count). The quantitative estimate of drug-likeness (QED) is 0.554. The van der Waals surface area contributed by atoms with Gasteiger partial charge in [0.15, 0.2) is 0 Å². The standard InChI is InChI=1S/C11H24O/c1-5-6-7-8-9-10-12-11(2,3)4/h5-10H2,1-4H3. The van der Waals surface area contributed by atoms with Crippen molar-refractivity contribution in [3.63, 3.8) is 0 Å². The fraction of sp³-hybridized carbons (Fsp3) is 1.00. The van der Waals surface area contributed by atoms with Gasteiger partial charge in [0.05, 0.1) is 5.60 Å². The second kappa shape index (κ2) is 6.47. The van der Waals surface area contributed by atoms with Crippen molar-refractivity contribution < 1.29 is 4.74 Å². The average molecular weight is 172 g/mol. The van der Waals surface area contributed by atoms with Crippen LogP contribution in [0.4, 0.5) is 0 Å². The van der Waals surface area contributed by atoms with Crippen LogP contribution in [0.15, 0.2) is 0 Å². The van der Waals surface area contributed by atoms with Gasteiger partial charge in [-0.15, -0.1) is 0 Å². The van der Waals surface area contributed by atoms with Gasteiger partial charge < -0.3 is 4.74 Å². The molecule has 1 nitrogen and oxygen atoms in total. The van der Waals surface area contributed by atoms with Crippen molar-refractivity contribution in [1.82, 2.24) is 0 Å². The van der Waals surface area contributed by atoms with Gasteiger partial charge in [0.1, 0.15) is 0 Å². The number of rotatable bonds is 6. The maximum Gasteiger partial charge on any atom is 0.0598 e. The average Bonchev–Trinajstić information content (AvgIpc) is 1.94. The third-order valence-corrected chi connectivity index (χ3v) is 1.78. The number of hydrogen-bond donors (Lipinski definition) is 0. The minimum absolute atomic E-state index is 0.0464. The van der Waals surface area contributed by atoms with Gasteiger partial charge in [0, 0.05) is 6.61 Å². The lowest BCUT2D eigenvalue weighted by Crippen LogP contribution is -2.19. The second-order valence-electron chi connectivity index (χ2n) is 4.38. The van der Waals surface area contributed by atoms with Crippen LogP contribution in [-0.2, 0) is 4.74 Å². The van der Waals surface area contributed by atoms with Crippen LogP contribution in [-0.4, -0.2) is 12.2 Å². The normalized spacial score (nSPS) is 12.0. The van der Waals surface area contributed by atoms with E-state index in [0.29, 0.717) is 0 Å². The summed E-state index contributed by atoms with van der Waals surface area (Å²) in [7, 11) is 0. The van der Waals surface area contributed by atoms with E-state index in [2.05, 4.69) is 27.7 Å². The first-order valence-corrected chi connectivity index (χ1v) is 5.20. The zero-order valence-corrected chi connectivity index (χ0v) is 9.15. The Labute approximate surface area is 77.5 Å². The van der Waals surface area contributed by atoms with E-state index >= 15 is 0 Å². The third-order valence-electron chi connectivity index (χ3n) is 1.78. The predicted octanol–water partition coefficient (Wildman–Crippen LogP) is 3.77. The molecule has 74 valence electrons. The molecule has 0 radical (unpaired) electrons. The van der Waals surface area contributed by atoms with Crippen molar-refractivity contribution in [2.75, 3.05) is 6.61 Å². The van der Waals surface area contributed by atoms with E-state index < -0.39 is 0 Å². The Kier molecular flexibility index (Phi) is 6.45. The molecule has 0 aromatic heterocycles. The molecule has 0 fully saturated rings. The summed E-state index contributed by atoms with van der Waals surface area (Å²) in [6.45, 7) is 9.50. The summed E-state index contributed by atoms with van der Waals surface area (Å²) >= 11 is 0. The smallest absolute Gasteiger partial charge is 0.0598 e. The molecule has 0 atom stereocenters. The topological polar surface area (TPSA) is 9.23 Å². The number of ether oxygens (including phenoxy) is 1. The van der Waals surface area contributed by atoms with Gasteiger partial charge in [0.25, 0.3) is 0 Å². The highest BCUT2D eigenvalue weighted by Gasteiger charge is 2.08. The van der Waals surface area contributed by atoms with Gasteiger partial charge in [-0.05, 0) is 27.2 Å². The van der Waals surface area contributed by atoms with Crippen LogP contribution in [0.1, 0.15) is 59.8 Å². The van der Waals surface area contributed by atoms with Gasteiger partial charge in [-0.2, -0.15) is 0 Å². The Morgan fingerprint density at radius 2 is 1.50 bits per heavy atom. The fourth-order valence-electron chi connectivity index (χ4n) is 1.08. The number of unbranched alkanes of at least 4 members (excludes halogenated alkanes) is 4. The molecule has 0 aliphatic heterocycles. The van der Waals surface area contributed by atoms with E-state index in [1.807, 2.05) is 0 Å². The summed E-state index contributed by atoms with van der Waals surface area (Å²) in [6.07, 6.45) is 6.60. The van der Waals surface area contributed by atoms with E-state index in [1.54, 1.807) is 0 Å². The van der Waals surface area contributed by atoms with Crippen LogP contribution in [0.2, 0.25) is 0 Å². The zero-order chi connectivity index (χ0) is 9.45. The van der Waals surface area contributed by atoms with Crippen molar-refractivity contribution in [3.05, 3.63) is 0 Å². The van der Waals surface area contributed by atoms with E-state index in [4.69, 9.17) is 4.74 Å². The van der Waals surface area contributed by atoms with Crippen molar-refractivity contribution >= 4 is 0 Å². The molecule has 0 spiro atoms. The molecule has 0 aliphatic rings. The molecule has 1 heteroatoms. The molecule has 0 bridgehead atoms. The molecule has 0 heterocycles. The minimum atomic E-state index is 0.0464. The van der Waals surface area contributed by atoms with Crippen LogP contribution in [0.3, 0.4) is 0 Å². The summed E-state index contributed by atoms with van der Waals surface area (Å²) in [5.74, 6) is 0. The highest BCUT2D eigenvalue weighted by Crippen LogP contribution is 2.09. The van der Waals surface area contributed by atoms with E-state index in [9.17, 15) is 0 Å². The molecular formula is C11H24O. The van der Waals surface area contributed by atoms with Crippen molar-refractivity contribution in [3.8, 4) is 0 Å². The SMILES string of the molecule is CCCCCCCOC(C)(C)C. The predicted molar refractivity (Wildman–Crippen MR) is 54.5 cm³/mol. The first kappa shape index (κ1) is 12.0. The van der Waals surface area contributed by atoms with E-state index in [1.165, 1.54) is 32.1 Å². The molecule has 0 saturated carbocycles. The van der Waals surface area contributed by atoms with Crippen molar-refractivity contribution in [2.24, 2.45) is 0 Å². The Morgan fingerprint density at radius 1 is 0.917 bits per heavy atom. The molecule has 0 aliphatic carbocycles. The van der Waals surface area contributed by atoms with Crippen LogP contribution < -0.4 is 0 Å². The summed E-state index contributed by atoms with van der Waals surface area (Å²) < 4.78 is 5.61. The molecule has 0 aromatic carbocycles. The summed E-state index contributed by atoms with van der Waals surface area (Å²) in [4.78, 5) is 0. The number of hydrogen-bond acceptors (Lipinski definition) is 1. The van der Waals surface area contributed by atoms with Crippen LogP contribution >= 0.6 is 0 Å². The molecule has 0 N–H and O–H groups in total. The molecule has 0 aromatic rings. The van der Waals surface area contributed by atoms with Gasteiger partial charge in [-0.3, -0.25) is 0 Å². The van der Waals surface area contributed by atoms with Crippen LogP contribution in [0.5, 0.6) is 0 Å². The minimum Gasteiger partial charge on any atom is -0.376 e. The van der Waals surface area contributed by atoms with E-state index in [-0.39, 0.29) is 5.60 Å². The third kappa shape index (κ3) is 9.96. The van der Waals surface area contributed by atoms with Crippen molar-refractivity contribution in [2.45, 2.75) is 65.4 Å². The van der Waals surface area contributed by atoms with E-state index in [0.717, 1.165) is 6.61 Å². The van der Waals surface area contributed by atoms with Crippen LogP contribution in [0, 0.1) is 0 Å². The van der Waals surface area contributed by atoms with Crippen molar-refractivity contribution in [1.29, 1.82) is 0 Å². The molecular weight excluding hydrogens is 148 g/mol. The zero-order valence-electron chi connectivity index (χ0n) is 9.15. The highest BCUT2D eigenvalue weighted by atomic mass is 16.5. The van der Waals surface area contributed by atoms with Gasteiger partial charge in [-0.25, -0.2) is 0 Å². The molecule has 0 unspecified atom stereocenters. The monoisotopic (exact) mass is 172 g/mol. The molecule has 0 amide bonds. The van der Waals surface area contributed by atoms with Gasteiger partial charge in [0.2, 0.25) is 0 Å². The lowest BCUT2D eigenvalue weighted by Gasteiger charge is -2.19. The highest BCUT2D eigenvalue weighted by molar-refractivity contribution is 4.58. The largest absolute Gasteiger partial charge is 0.376 e. The lowest BCUT2D eigenvalue weighted by molar-refractivity contribution is -0.00474. The summed E-state index contributed by atoms with van der Waals surface area (Å²) in [6, 6.07) is 0. The van der Waals surface area contributed by atoms with Gasteiger partial charge in [-0.1, -0.05) is 32.6 Å². The Balaban J connectivity index is 3.01. The summed E-state index contributed by atoms with van der Waals surface area (Å²) in [5.41, 5.74) is 0.0464.